The van der Waals surface area contributed by atoms with E-state index in [1.165, 1.54) is 0 Å². The number of hydrogen-bond donors (Lipinski definition) is 4. The number of Topliss-reactive ketones (excluding diaryl/α,β-unsaturated/α-hetero) is 1. The van der Waals surface area contributed by atoms with Crippen molar-refractivity contribution in [1.82, 2.24) is 10.6 Å². The van der Waals surface area contributed by atoms with E-state index in [0.29, 0.717) is 25.1 Å². The maximum Gasteiger partial charge on any atom is 0.246 e. The number of rotatable bonds is 9. The lowest BCUT2D eigenvalue weighted by Crippen LogP contribution is -2.56. The van der Waals surface area contributed by atoms with Crippen molar-refractivity contribution < 1.29 is 14.4 Å². The Hall–Kier alpha value is -1.86. The first-order chi connectivity index (χ1) is 13.0. The predicted octanol–water partition coefficient (Wildman–Crippen LogP) is 2.23. The SMILES string of the molecule is Cc1ccc(NC(=O)[C@H](CCCCCS)NC(=O)C2NCCCC2=O)cc1. The average Bonchev–Trinajstić information content (AvgIpc) is 2.66. The van der Waals surface area contributed by atoms with Crippen LogP contribution in [-0.4, -0.2) is 42.0 Å². The van der Waals surface area contributed by atoms with Gasteiger partial charge in [-0.1, -0.05) is 30.5 Å². The lowest BCUT2D eigenvalue weighted by Gasteiger charge is -2.25. The van der Waals surface area contributed by atoms with Gasteiger partial charge in [0.15, 0.2) is 5.78 Å². The van der Waals surface area contributed by atoms with Gasteiger partial charge in [-0.15, -0.1) is 0 Å². The molecule has 7 heteroatoms. The van der Waals surface area contributed by atoms with Crippen LogP contribution in [0.1, 0.15) is 44.1 Å². The van der Waals surface area contributed by atoms with Crippen LogP contribution in [0.25, 0.3) is 0 Å². The minimum absolute atomic E-state index is 0.119. The Kier molecular flexibility index (Phi) is 8.81. The number of ketones is 1. The summed E-state index contributed by atoms with van der Waals surface area (Å²) in [6.45, 7) is 2.61. The fourth-order valence-electron chi connectivity index (χ4n) is 3.03. The lowest BCUT2D eigenvalue weighted by molar-refractivity contribution is -0.134. The highest BCUT2D eigenvalue weighted by molar-refractivity contribution is 7.80. The summed E-state index contributed by atoms with van der Waals surface area (Å²) < 4.78 is 0. The summed E-state index contributed by atoms with van der Waals surface area (Å²) in [4.78, 5) is 37.2. The molecule has 148 valence electrons. The standard InChI is InChI=1S/C20H29N3O3S/c1-14-8-10-15(11-9-14)22-19(25)16(6-3-2-4-13-27)23-20(26)18-17(24)7-5-12-21-18/h8-11,16,18,21,27H,2-7,12-13H2,1H3,(H,22,25)(H,23,26)/t16-,18?/m0/s1. The number of unbranched alkanes of at least 4 members (excludes halogenated alkanes) is 2. The van der Waals surface area contributed by atoms with Crippen molar-refractivity contribution in [2.75, 3.05) is 17.6 Å². The summed E-state index contributed by atoms with van der Waals surface area (Å²) in [6, 6.07) is 5.97. The zero-order valence-electron chi connectivity index (χ0n) is 15.8. The Bertz CT molecular complexity index is 648. The van der Waals surface area contributed by atoms with Crippen LogP contribution in [0.5, 0.6) is 0 Å². The van der Waals surface area contributed by atoms with Gasteiger partial charge in [0.2, 0.25) is 11.8 Å². The van der Waals surface area contributed by atoms with E-state index in [4.69, 9.17) is 0 Å². The maximum absolute atomic E-state index is 12.7. The van der Waals surface area contributed by atoms with Crippen LogP contribution >= 0.6 is 12.6 Å². The van der Waals surface area contributed by atoms with Gasteiger partial charge in [0.1, 0.15) is 12.1 Å². The highest BCUT2D eigenvalue weighted by atomic mass is 32.1. The van der Waals surface area contributed by atoms with Crippen LogP contribution < -0.4 is 16.0 Å². The fourth-order valence-corrected chi connectivity index (χ4v) is 3.26. The van der Waals surface area contributed by atoms with Gasteiger partial charge in [-0.05, 0) is 50.6 Å². The number of carbonyl (C=O) groups is 3. The van der Waals surface area contributed by atoms with E-state index >= 15 is 0 Å². The van der Waals surface area contributed by atoms with Crippen molar-refractivity contribution >= 4 is 35.9 Å². The summed E-state index contributed by atoms with van der Waals surface area (Å²) in [5.74, 6) is -0.00149. The minimum Gasteiger partial charge on any atom is -0.343 e. The van der Waals surface area contributed by atoms with Gasteiger partial charge < -0.3 is 10.6 Å². The zero-order chi connectivity index (χ0) is 19.6. The van der Waals surface area contributed by atoms with Crippen LogP contribution in [-0.2, 0) is 14.4 Å². The second-order valence-electron chi connectivity index (χ2n) is 6.95. The molecular formula is C20H29N3O3S. The van der Waals surface area contributed by atoms with E-state index in [0.717, 1.165) is 37.0 Å². The second kappa shape index (κ2) is 11.1. The van der Waals surface area contributed by atoms with Crippen molar-refractivity contribution in [2.24, 2.45) is 0 Å². The number of thiol groups is 1. The lowest BCUT2D eigenvalue weighted by atomic mass is 10.0. The Morgan fingerprint density at radius 3 is 2.63 bits per heavy atom. The molecule has 1 aliphatic rings. The van der Waals surface area contributed by atoms with E-state index in [1.807, 2.05) is 31.2 Å². The number of aryl methyl sites for hydroxylation is 1. The molecule has 27 heavy (non-hydrogen) atoms. The second-order valence-corrected chi connectivity index (χ2v) is 7.39. The normalized spacial score (nSPS) is 18.0. The van der Waals surface area contributed by atoms with E-state index in [1.54, 1.807) is 0 Å². The first-order valence-corrected chi connectivity index (χ1v) is 10.2. The van der Waals surface area contributed by atoms with Gasteiger partial charge in [-0.25, -0.2) is 0 Å². The van der Waals surface area contributed by atoms with Crippen molar-refractivity contribution in [1.29, 1.82) is 0 Å². The molecule has 0 bridgehead atoms. The quantitative estimate of drug-likeness (QED) is 0.295. The number of benzene rings is 1. The number of carbonyl (C=O) groups excluding carboxylic acids is 3. The molecule has 2 amide bonds. The number of piperidine rings is 1. The fraction of sp³-hybridized carbons (Fsp3) is 0.550. The molecule has 0 radical (unpaired) electrons. The summed E-state index contributed by atoms with van der Waals surface area (Å²) in [6.07, 6.45) is 4.37. The largest absolute Gasteiger partial charge is 0.343 e. The average molecular weight is 392 g/mol. The smallest absolute Gasteiger partial charge is 0.246 e. The summed E-state index contributed by atoms with van der Waals surface area (Å²) in [5, 5.41) is 8.57. The van der Waals surface area contributed by atoms with E-state index < -0.39 is 18.0 Å². The molecule has 1 fully saturated rings. The van der Waals surface area contributed by atoms with Gasteiger partial charge in [-0.2, -0.15) is 12.6 Å². The first-order valence-electron chi connectivity index (χ1n) is 9.56. The number of anilines is 1. The van der Waals surface area contributed by atoms with Gasteiger partial charge in [-0.3, -0.25) is 19.7 Å². The van der Waals surface area contributed by atoms with Gasteiger partial charge in [0.05, 0.1) is 0 Å². The Labute approximate surface area is 166 Å². The molecule has 3 N–H and O–H groups in total. The molecule has 2 atom stereocenters. The van der Waals surface area contributed by atoms with Crippen molar-refractivity contribution in [3.05, 3.63) is 29.8 Å². The number of amides is 2. The first kappa shape index (κ1) is 21.4. The van der Waals surface area contributed by atoms with Crippen LogP contribution in [0.4, 0.5) is 5.69 Å². The zero-order valence-corrected chi connectivity index (χ0v) is 16.7. The van der Waals surface area contributed by atoms with E-state index in [-0.39, 0.29) is 11.7 Å². The topological polar surface area (TPSA) is 87.3 Å². The molecule has 1 unspecified atom stereocenters. The molecule has 6 nitrogen and oxygen atoms in total. The molecule has 1 saturated heterocycles. The molecule has 1 aromatic carbocycles. The molecule has 0 saturated carbocycles. The van der Waals surface area contributed by atoms with Crippen LogP contribution in [0, 0.1) is 6.92 Å². The Balaban J connectivity index is 2.00. The molecule has 1 heterocycles. The number of nitrogens with one attached hydrogen (secondary N) is 3. The predicted molar refractivity (Wildman–Crippen MR) is 110 cm³/mol. The molecule has 1 aliphatic heterocycles. The van der Waals surface area contributed by atoms with Gasteiger partial charge >= 0.3 is 0 Å². The van der Waals surface area contributed by atoms with Crippen molar-refractivity contribution in [3.63, 3.8) is 0 Å². The molecule has 0 spiro atoms. The highest BCUT2D eigenvalue weighted by Crippen LogP contribution is 2.12. The Morgan fingerprint density at radius 2 is 1.96 bits per heavy atom. The molecule has 1 aromatic rings. The third-order valence-corrected chi connectivity index (χ3v) is 4.95. The van der Waals surface area contributed by atoms with E-state index in [9.17, 15) is 14.4 Å². The summed E-state index contributed by atoms with van der Waals surface area (Å²) in [5.41, 5.74) is 1.79. The number of hydrogen-bond acceptors (Lipinski definition) is 5. The van der Waals surface area contributed by atoms with Crippen LogP contribution in [0.15, 0.2) is 24.3 Å². The summed E-state index contributed by atoms with van der Waals surface area (Å²) >= 11 is 4.20. The highest BCUT2D eigenvalue weighted by Gasteiger charge is 2.31. The molecule has 0 aliphatic carbocycles. The third kappa shape index (κ3) is 6.99. The van der Waals surface area contributed by atoms with Crippen LogP contribution in [0.3, 0.4) is 0 Å². The monoisotopic (exact) mass is 391 g/mol. The van der Waals surface area contributed by atoms with Gasteiger partial charge in [0.25, 0.3) is 0 Å². The Morgan fingerprint density at radius 1 is 1.22 bits per heavy atom. The molecule has 0 aromatic heterocycles. The van der Waals surface area contributed by atoms with E-state index in [2.05, 4.69) is 28.6 Å². The minimum atomic E-state index is -0.856. The summed E-state index contributed by atoms with van der Waals surface area (Å²) in [7, 11) is 0. The molecular weight excluding hydrogens is 362 g/mol. The molecule has 2 rings (SSSR count). The van der Waals surface area contributed by atoms with Crippen molar-refractivity contribution in [2.45, 2.75) is 57.5 Å². The van der Waals surface area contributed by atoms with Crippen molar-refractivity contribution in [3.8, 4) is 0 Å². The van der Waals surface area contributed by atoms with Gasteiger partial charge in [0, 0.05) is 12.1 Å². The third-order valence-electron chi connectivity index (χ3n) is 4.64. The van der Waals surface area contributed by atoms with Crippen LogP contribution in [0.2, 0.25) is 0 Å². The maximum atomic E-state index is 12.7.